The van der Waals surface area contributed by atoms with E-state index >= 15 is 0 Å². The van der Waals surface area contributed by atoms with Gasteiger partial charge in [-0.05, 0) is 32.0 Å². The Morgan fingerprint density at radius 1 is 1.34 bits per heavy atom. The van der Waals surface area contributed by atoms with Gasteiger partial charge in [-0.3, -0.25) is 4.79 Å². The normalized spacial score (nSPS) is 31.0. The minimum atomic E-state index is -1.03. The number of nitrogens with one attached hydrogen (secondary N) is 1. The molecule has 2 heterocycles. The van der Waals surface area contributed by atoms with Crippen molar-refractivity contribution >= 4 is 29.1 Å². The average molecular weight is 450 g/mol. The molecule has 5 atom stereocenters. The molecule has 2 N–H and O–H groups in total. The highest BCUT2D eigenvalue weighted by Crippen LogP contribution is 2.33. The van der Waals surface area contributed by atoms with Crippen LogP contribution in [0, 0.1) is 0 Å². The van der Waals surface area contributed by atoms with Gasteiger partial charge in [0, 0.05) is 11.9 Å². The molecular weight excluding hydrogens is 425 g/mol. The standard InChI is InChI=1S/C19H25Cl2NO7/c1-10(23)22-15-16(24)17-14(9-27-19(2,3)29-17)28-18(15)26-7-6-25-13-5-4-11(20)8-12(13)21/h4-5,8,14-18,24H,6-7,9H2,1-3H3,(H,22,23)/t14-,15+,16-,17-,18-/m1/s1. The van der Waals surface area contributed by atoms with Crippen LogP contribution in [0.4, 0.5) is 0 Å². The van der Waals surface area contributed by atoms with Gasteiger partial charge in [0.1, 0.15) is 36.7 Å². The topological polar surface area (TPSA) is 95.5 Å². The lowest BCUT2D eigenvalue weighted by Gasteiger charge is -2.49. The van der Waals surface area contributed by atoms with Crippen LogP contribution in [0.2, 0.25) is 10.0 Å². The van der Waals surface area contributed by atoms with Crippen molar-refractivity contribution in [3.63, 3.8) is 0 Å². The smallest absolute Gasteiger partial charge is 0.217 e. The molecule has 2 fully saturated rings. The molecule has 1 aromatic carbocycles. The lowest BCUT2D eigenvalue weighted by Crippen LogP contribution is -2.68. The molecule has 0 aliphatic carbocycles. The molecule has 0 bridgehead atoms. The van der Waals surface area contributed by atoms with Gasteiger partial charge in [-0.1, -0.05) is 23.2 Å². The van der Waals surface area contributed by atoms with Gasteiger partial charge in [-0.2, -0.15) is 0 Å². The number of aliphatic hydroxyl groups is 1. The van der Waals surface area contributed by atoms with Crippen molar-refractivity contribution < 1.29 is 33.6 Å². The molecule has 0 unspecified atom stereocenters. The highest BCUT2D eigenvalue weighted by Gasteiger charge is 2.51. The predicted molar refractivity (Wildman–Crippen MR) is 105 cm³/mol. The fourth-order valence-electron chi connectivity index (χ4n) is 3.28. The summed E-state index contributed by atoms with van der Waals surface area (Å²) >= 11 is 11.9. The Kier molecular flexibility index (Phi) is 7.27. The average Bonchev–Trinajstić information content (AvgIpc) is 2.63. The van der Waals surface area contributed by atoms with Gasteiger partial charge in [0.25, 0.3) is 0 Å². The van der Waals surface area contributed by atoms with E-state index < -0.39 is 36.4 Å². The molecule has 2 saturated heterocycles. The first-order chi connectivity index (χ1) is 13.7. The van der Waals surface area contributed by atoms with Crippen LogP contribution in [0.15, 0.2) is 18.2 Å². The second kappa shape index (κ2) is 9.34. The van der Waals surface area contributed by atoms with Gasteiger partial charge in [0.15, 0.2) is 12.1 Å². The van der Waals surface area contributed by atoms with Crippen LogP contribution in [-0.2, 0) is 23.7 Å². The number of ether oxygens (including phenoxy) is 5. The maximum Gasteiger partial charge on any atom is 0.217 e. The first-order valence-corrected chi connectivity index (χ1v) is 10.0. The molecule has 3 rings (SSSR count). The number of carbonyl (C=O) groups is 1. The largest absolute Gasteiger partial charge is 0.490 e. The number of aliphatic hydroxyl groups excluding tert-OH is 1. The van der Waals surface area contributed by atoms with E-state index in [4.69, 9.17) is 46.9 Å². The first-order valence-electron chi connectivity index (χ1n) is 9.28. The van der Waals surface area contributed by atoms with E-state index in [2.05, 4.69) is 5.32 Å². The van der Waals surface area contributed by atoms with Gasteiger partial charge in [0.2, 0.25) is 5.91 Å². The third-order valence-corrected chi connectivity index (χ3v) is 5.11. The fraction of sp³-hybridized carbons (Fsp3) is 0.632. The van der Waals surface area contributed by atoms with Crippen LogP contribution in [-0.4, -0.2) is 67.3 Å². The van der Waals surface area contributed by atoms with Crippen molar-refractivity contribution in [3.8, 4) is 5.75 Å². The quantitative estimate of drug-likeness (QED) is 0.642. The Morgan fingerprint density at radius 2 is 2.10 bits per heavy atom. The third-order valence-electron chi connectivity index (χ3n) is 4.58. The zero-order valence-electron chi connectivity index (χ0n) is 16.4. The summed E-state index contributed by atoms with van der Waals surface area (Å²) in [5.41, 5.74) is 0. The summed E-state index contributed by atoms with van der Waals surface area (Å²) in [4.78, 5) is 11.6. The Bertz CT molecular complexity index is 733. The molecule has 1 amide bonds. The van der Waals surface area contributed by atoms with Crippen LogP contribution in [0.3, 0.4) is 0 Å². The van der Waals surface area contributed by atoms with Crippen LogP contribution < -0.4 is 10.1 Å². The number of carbonyl (C=O) groups excluding carboxylic acids is 1. The van der Waals surface area contributed by atoms with Crippen molar-refractivity contribution in [3.05, 3.63) is 28.2 Å². The molecule has 0 saturated carbocycles. The van der Waals surface area contributed by atoms with E-state index in [9.17, 15) is 9.90 Å². The minimum absolute atomic E-state index is 0.136. The molecule has 2 aliphatic rings. The fourth-order valence-corrected chi connectivity index (χ4v) is 3.75. The highest BCUT2D eigenvalue weighted by molar-refractivity contribution is 6.35. The zero-order chi connectivity index (χ0) is 21.2. The molecule has 162 valence electrons. The molecule has 0 spiro atoms. The van der Waals surface area contributed by atoms with Crippen molar-refractivity contribution in [1.29, 1.82) is 0 Å². The van der Waals surface area contributed by atoms with Gasteiger partial charge in [-0.15, -0.1) is 0 Å². The molecular formula is C19H25Cl2NO7. The molecule has 0 radical (unpaired) electrons. The Labute approximate surface area is 179 Å². The summed E-state index contributed by atoms with van der Waals surface area (Å²) in [5.74, 6) is -0.703. The van der Waals surface area contributed by atoms with Crippen molar-refractivity contribution in [2.45, 2.75) is 57.2 Å². The van der Waals surface area contributed by atoms with Crippen LogP contribution in [0.1, 0.15) is 20.8 Å². The molecule has 8 nitrogen and oxygen atoms in total. The predicted octanol–water partition coefficient (Wildman–Crippen LogP) is 2.13. The summed E-state index contributed by atoms with van der Waals surface area (Å²) in [5, 5.41) is 14.4. The minimum Gasteiger partial charge on any atom is -0.490 e. The lowest BCUT2D eigenvalue weighted by atomic mass is 9.95. The number of rotatable bonds is 6. The van der Waals surface area contributed by atoms with Crippen molar-refractivity contribution in [2.24, 2.45) is 0 Å². The van der Waals surface area contributed by atoms with E-state index in [1.165, 1.54) is 6.92 Å². The summed E-state index contributed by atoms with van der Waals surface area (Å²) in [6.07, 6.45) is -3.11. The summed E-state index contributed by atoms with van der Waals surface area (Å²) in [6, 6.07) is 4.11. The Morgan fingerprint density at radius 3 is 2.79 bits per heavy atom. The Hall–Kier alpha value is -1.13. The number of hydrogen-bond donors (Lipinski definition) is 2. The number of benzene rings is 1. The molecule has 1 aromatic rings. The van der Waals surface area contributed by atoms with E-state index in [1.54, 1.807) is 32.0 Å². The second-order valence-electron chi connectivity index (χ2n) is 7.35. The number of hydrogen-bond acceptors (Lipinski definition) is 7. The third kappa shape index (κ3) is 5.73. The maximum absolute atomic E-state index is 11.6. The summed E-state index contributed by atoms with van der Waals surface area (Å²) in [6.45, 7) is 5.42. The number of fused-ring (bicyclic) bond motifs is 1. The Balaban J connectivity index is 1.59. The van der Waals surface area contributed by atoms with Gasteiger partial charge < -0.3 is 34.1 Å². The van der Waals surface area contributed by atoms with E-state index in [-0.39, 0.29) is 25.7 Å². The summed E-state index contributed by atoms with van der Waals surface area (Å²) in [7, 11) is 0. The lowest BCUT2D eigenvalue weighted by molar-refractivity contribution is -0.369. The highest BCUT2D eigenvalue weighted by atomic mass is 35.5. The zero-order valence-corrected chi connectivity index (χ0v) is 17.9. The van der Waals surface area contributed by atoms with Gasteiger partial charge >= 0.3 is 0 Å². The van der Waals surface area contributed by atoms with Crippen LogP contribution >= 0.6 is 23.2 Å². The molecule has 2 aliphatic heterocycles. The SMILES string of the molecule is CC(=O)N[C@@H]1[C@H](OCCOc2ccc(Cl)cc2Cl)O[C@@H]2COC(C)(C)O[C@H]2[C@@H]1O. The number of halogens is 2. The van der Waals surface area contributed by atoms with E-state index in [1.807, 2.05) is 0 Å². The number of amides is 1. The maximum atomic E-state index is 11.6. The van der Waals surface area contributed by atoms with E-state index in [0.29, 0.717) is 15.8 Å². The van der Waals surface area contributed by atoms with Crippen LogP contribution in [0.5, 0.6) is 5.75 Å². The van der Waals surface area contributed by atoms with E-state index in [0.717, 1.165) is 0 Å². The van der Waals surface area contributed by atoms with Crippen molar-refractivity contribution in [1.82, 2.24) is 5.32 Å². The second-order valence-corrected chi connectivity index (χ2v) is 8.19. The monoisotopic (exact) mass is 449 g/mol. The molecule has 0 aromatic heterocycles. The molecule has 29 heavy (non-hydrogen) atoms. The van der Waals surface area contributed by atoms with Crippen molar-refractivity contribution in [2.75, 3.05) is 19.8 Å². The molecule has 10 heteroatoms. The summed E-state index contributed by atoms with van der Waals surface area (Å²) < 4.78 is 28.7. The van der Waals surface area contributed by atoms with Crippen LogP contribution in [0.25, 0.3) is 0 Å². The first kappa shape index (κ1) is 22.6. The van der Waals surface area contributed by atoms with Gasteiger partial charge in [0.05, 0.1) is 18.2 Å². The van der Waals surface area contributed by atoms with Gasteiger partial charge in [-0.25, -0.2) is 0 Å².